The van der Waals surface area contributed by atoms with E-state index in [1.54, 1.807) is 36.4 Å². The summed E-state index contributed by atoms with van der Waals surface area (Å²) in [5.74, 6) is -0.783. The Morgan fingerprint density at radius 3 is 2.50 bits per heavy atom. The number of aromatic amines is 1. The summed E-state index contributed by atoms with van der Waals surface area (Å²) in [5.41, 5.74) is 1.53. The Labute approximate surface area is 184 Å². The van der Waals surface area contributed by atoms with Crippen molar-refractivity contribution >= 4 is 23.3 Å². The Kier molecular flexibility index (Phi) is 5.52. The van der Waals surface area contributed by atoms with Crippen molar-refractivity contribution in [2.24, 2.45) is 5.41 Å². The monoisotopic (exact) mass is 433 g/mol. The number of ketones is 1. The number of anilines is 1. The fourth-order valence-corrected chi connectivity index (χ4v) is 3.78. The molecule has 0 unspecified atom stereocenters. The van der Waals surface area contributed by atoms with E-state index in [1.807, 2.05) is 13.8 Å². The molecule has 8 nitrogen and oxygen atoms in total. The quantitative estimate of drug-likeness (QED) is 0.570. The van der Waals surface area contributed by atoms with E-state index in [1.165, 1.54) is 12.3 Å². The van der Waals surface area contributed by atoms with E-state index >= 15 is 0 Å². The Balaban J connectivity index is 1.41. The van der Waals surface area contributed by atoms with Crippen LogP contribution in [0.5, 0.6) is 0 Å². The number of carbonyl (C=O) groups excluding carboxylic acids is 3. The minimum absolute atomic E-state index is 0.0752. The lowest BCUT2D eigenvalue weighted by Crippen LogP contribution is -2.34. The van der Waals surface area contributed by atoms with E-state index in [0.717, 1.165) is 5.56 Å². The van der Waals surface area contributed by atoms with Crippen molar-refractivity contribution in [1.82, 2.24) is 10.3 Å². The van der Waals surface area contributed by atoms with Gasteiger partial charge in [0.15, 0.2) is 11.5 Å². The highest BCUT2D eigenvalue weighted by Gasteiger charge is 2.32. The lowest BCUT2D eigenvalue weighted by atomic mass is 9.75. The molecule has 0 saturated heterocycles. The van der Waals surface area contributed by atoms with Crippen LogP contribution in [0.25, 0.3) is 0 Å². The molecule has 0 saturated carbocycles. The summed E-state index contributed by atoms with van der Waals surface area (Å²) in [4.78, 5) is 52.2. The van der Waals surface area contributed by atoms with Gasteiger partial charge in [0.2, 0.25) is 0 Å². The van der Waals surface area contributed by atoms with E-state index in [0.29, 0.717) is 29.8 Å². The Bertz CT molecular complexity index is 1240. The number of Topliss-reactive ketones (excluding diaryl/α,β-unsaturated/α-hetero) is 1. The second kappa shape index (κ2) is 8.30. The molecular weight excluding hydrogens is 410 g/mol. The number of hydrogen-bond acceptors (Lipinski definition) is 5. The van der Waals surface area contributed by atoms with E-state index in [2.05, 4.69) is 15.6 Å². The van der Waals surface area contributed by atoms with E-state index in [9.17, 15) is 19.2 Å². The summed E-state index contributed by atoms with van der Waals surface area (Å²) in [7, 11) is 0. The molecule has 2 aromatic heterocycles. The maximum atomic E-state index is 12.6. The molecule has 0 atom stereocenters. The first-order valence-electron chi connectivity index (χ1n) is 10.2. The minimum Gasteiger partial charge on any atom is -0.459 e. The number of H-pyrrole nitrogens is 1. The zero-order valence-electron chi connectivity index (χ0n) is 17.8. The fraction of sp³-hybridized carbons (Fsp3) is 0.250. The largest absolute Gasteiger partial charge is 0.459 e. The van der Waals surface area contributed by atoms with Crippen LogP contribution in [-0.4, -0.2) is 22.6 Å². The van der Waals surface area contributed by atoms with E-state index < -0.39 is 11.5 Å². The molecule has 0 bridgehead atoms. The lowest BCUT2D eigenvalue weighted by Gasteiger charge is -2.29. The molecule has 3 N–H and O–H groups in total. The van der Waals surface area contributed by atoms with Crippen molar-refractivity contribution in [3.8, 4) is 0 Å². The van der Waals surface area contributed by atoms with Crippen molar-refractivity contribution in [3.05, 3.63) is 87.2 Å². The predicted octanol–water partition coefficient (Wildman–Crippen LogP) is 3.31. The second-order valence-corrected chi connectivity index (χ2v) is 8.66. The molecular formula is C24H23N3O5. The Hall–Kier alpha value is -3.94. The summed E-state index contributed by atoms with van der Waals surface area (Å²) in [6.07, 6.45) is 2.37. The SMILES string of the molecule is CC1(C)CC(=O)c2cc(C(=O)NCc3ccc(NC(=O)c4ccco4)cc3)c(=O)[nH]c2C1. The molecule has 3 aromatic rings. The topological polar surface area (TPSA) is 121 Å². The summed E-state index contributed by atoms with van der Waals surface area (Å²) >= 11 is 0. The van der Waals surface area contributed by atoms with Gasteiger partial charge in [0, 0.05) is 29.9 Å². The van der Waals surface area contributed by atoms with Gasteiger partial charge < -0.3 is 20.0 Å². The van der Waals surface area contributed by atoms with Crippen molar-refractivity contribution in [3.63, 3.8) is 0 Å². The molecule has 0 fully saturated rings. The zero-order chi connectivity index (χ0) is 22.9. The Morgan fingerprint density at radius 1 is 1.06 bits per heavy atom. The first-order chi connectivity index (χ1) is 15.2. The van der Waals surface area contributed by atoms with Gasteiger partial charge in [0.05, 0.1) is 6.26 Å². The van der Waals surface area contributed by atoms with Crippen LogP contribution in [-0.2, 0) is 13.0 Å². The molecule has 32 heavy (non-hydrogen) atoms. The summed E-state index contributed by atoms with van der Waals surface area (Å²) < 4.78 is 5.05. The highest BCUT2D eigenvalue weighted by atomic mass is 16.3. The van der Waals surface area contributed by atoms with Gasteiger partial charge in [-0.05, 0) is 47.7 Å². The van der Waals surface area contributed by atoms with Crippen molar-refractivity contribution in [2.75, 3.05) is 5.32 Å². The number of rotatable bonds is 5. The summed E-state index contributed by atoms with van der Waals surface area (Å²) in [5, 5.41) is 5.42. The molecule has 0 spiro atoms. The van der Waals surface area contributed by atoms with Gasteiger partial charge in [0.1, 0.15) is 5.56 Å². The van der Waals surface area contributed by atoms with Crippen LogP contribution in [0.2, 0.25) is 0 Å². The highest BCUT2D eigenvalue weighted by molar-refractivity contribution is 6.02. The molecule has 2 amide bonds. The van der Waals surface area contributed by atoms with Crippen molar-refractivity contribution < 1.29 is 18.8 Å². The maximum Gasteiger partial charge on any atom is 0.291 e. The standard InChI is InChI=1S/C24H23N3O5/c1-24(2)11-18-16(19(28)12-24)10-17(22(30)27-18)21(29)25-13-14-5-7-15(8-6-14)26-23(31)20-4-3-9-32-20/h3-10H,11-13H2,1-2H3,(H,25,29)(H,26,31)(H,27,30). The third kappa shape index (κ3) is 4.54. The van der Waals surface area contributed by atoms with Gasteiger partial charge in [-0.1, -0.05) is 26.0 Å². The van der Waals surface area contributed by atoms with E-state index in [-0.39, 0.29) is 35.0 Å². The molecule has 0 radical (unpaired) electrons. The van der Waals surface area contributed by atoms with Gasteiger partial charge in [-0.2, -0.15) is 0 Å². The number of fused-ring (bicyclic) bond motifs is 1. The first-order valence-corrected chi connectivity index (χ1v) is 10.2. The van der Waals surface area contributed by atoms with Crippen molar-refractivity contribution in [2.45, 2.75) is 33.2 Å². The molecule has 164 valence electrons. The second-order valence-electron chi connectivity index (χ2n) is 8.66. The number of pyridine rings is 1. The molecule has 1 aromatic carbocycles. The van der Waals surface area contributed by atoms with Gasteiger partial charge in [-0.3, -0.25) is 19.2 Å². The molecule has 2 heterocycles. The predicted molar refractivity (Wildman–Crippen MR) is 118 cm³/mol. The summed E-state index contributed by atoms with van der Waals surface area (Å²) in [6, 6.07) is 11.5. The zero-order valence-corrected chi connectivity index (χ0v) is 17.8. The van der Waals surface area contributed by atoms with Gasteiger partial charge in [0.25, 0.3) is 17.4 Å². The van der Waals surface area contributed by atoms with Crippen LogP contribution in [0.1, 0.15) is 62.8 Å². The van der Waals surface area contributed by atoms with E-state index in [4.69, 9.17) is 4.42 Å². The highest BCUT2D eigenvalue weighted by Crippen LogP contribution is 2.33. The van der Waals surface area contributed by atoms with Crippen LogP contribution >= 0.6 is 0 Å². The van der Waals surface area contributed by atoms with Crippen molar-refractivity contribution in [1.29, 1.82) is 0 Å². The maximum absolute atomic E-state index is 12.6. The molecule has 1 aliphatic carbocycles. The van der Waals surface area contributed by atoms with Gasteiger partial charge in [-0.15, -0.1) is 0 Å². The van der Waals surface area contributed by atoms with Crippen LogP contribution in [0.3, 0.4) is 0 Å². The third-order valence-electron chi connectivity index (χ3n) is 5.37. The average Bonchev–Trinajstić information content (AvgIpc) is 3.27. The Morgan fingerprint density at radius 2 is 1.81 bits per heavy atom. The number of furan rings is 1. The van der Waals surface area contributed by atoms with Crippen LogP contribution in [0.15, 0.2) is 57.9 Å². The van der Waals surface area contributed by atoms with Crippen LogP contribution in [0.4, 0.5) is 5.69 Å². The molecule has 4 rings (SSSR count). The average molecular weight is 433 g/mol. The number of carbonyl (C=O) groups is 3. The smallest absolute Gasteiger partial charge is 0.291 e. The number of benzene rings is 1. The van der Waals surface area contributed by atoms with Crippen LogP contribution < -0.4 is 16.2 Å². The number of amides is 2. The molecule has 0 aliphatic heterocycles. The van der Waals surface area contributed by atoms with Gasteiger partial charge >= 0.3 is 0 Å². The number of aromatic nitrogens is 1. The van der Waals surface area contributed by atoms with Gasteiger partial charge in [-0.25, -0.2) is 0 Å². The normalized spacial score (nSPS) is 14.5. The minimum atomic E-state index is -0.554. The first kappa shape index (κ1) is 21.3. The fourth-order valence-electron chi connectivity index (χ4n) is 3.78. The van der Waals surface area contributed by atoms with Crippen LogP contribution in [0, 0.1) is 5.41 Å². The number of hydrogen-bond donors (Lipinski definition) is 3. The molecule has 1 aliphatic rings. The summed E-state index contributed by atoms with van der Waals surface area (Å²) in [6.45, 7) is 4.13. The molecule has 8 heteroatoms. The lowest BCUT2D eigenvalue weighted by molar-refractivity contribution is 0.0909. The number of nitrogens with one attached hydrogen (secondary N) is 3. The third-order valence-corrected chi connectivity index (χ3v) is 5.37.